The topological polar surface area (TPSA) is 98.3 Å². The summed E-state index contributed by atoms with van der Waals surface area (Å²) in [5.41, 5.74) is 2.40. The molecule has 1 aromatic heterocycles. The van der Waals surface area contributed by atoms with Gasteiger partial charge < -0.3 is 5.11 Å². The molecule has 0 aliphatic rings. The van der Waals surface area contributed by atoms with E-state index in [1.54, 1.807) is 12.1 Å². The van der Waals surface area contributed by atoms with Crippen LogP contribution in [0.15, 0.2) is 65.5 Å². The number of nitrogens with zero attached hydrogens (tertiary/aromatic N) is 3. The molecule has 0 spiro atoms. The number of aliphatic hydroxyl groups excluding tert-OH is 1. The second-order valence-corrected chi connectivity index (χ2v) is 6.88. The van der Waals surface area contributed by atoms with E-state index in [2.05, 4.69) is 18.9 Å². The van der Waals surface area contributed by atoms with Crippen LogP contribution in [0.4, 0.5) is 5.69 Å². The molecule has 28 heavy (non-hydrogen) atoms. The minimum absolute atomic E-state index is 0.0113. The lowest BCUT2D eigenvalue weighted by Gasteiger charge is -2.14. The zero-order valence-corrected chi connectivity index (χ0v) is 15.6. The summed E-state index contributed by atoms with van der Waals surface area (Å²) in [6, 6.07) is 16.5. The third-order valence-electron chi connectivity index (χ3n) is 4.55. The highest BCUT2D eigenvalue weighted by Gasteiger charge is 2.13. The Morgan fingerprint density at radius 3 is 2.39 bits per heavy atom. The van der Waals surface area contributed by atoms with Crippen LogP contribution in [0.5, 0.6) is 0 Å². The van der Waals surface area contributed by atoms with Gasteiger partial charge >= 0.3 is 0 Å². The predicted molar refractivity (Wildman–Crippen MR) is 106 cm³/mol. The van der Waals surface area contributed by atoms with Crippen molar-refractivity contribution in [2.75, 3.05) is 0 Å². The zero-order chi connectivity index (χ0) is 20.3. The number of aromatic nitrogens is 2. The van der Waals surface area contributed by atoms with Crippen LogP contribution in [0.3, 0.4) is 0 Å². The van der Waals surface area contributed by atoms with Gasteiger partial charge in [0.2, 0.25) is 0 Å². The third kappa shape index (κ3) is 4.32. The van der Waals surface area contributed by atoms with E-state index in [1.165, 1.54) is 34.5 Å². The van der Waals surface area contributed by atoms with Crippen LogP contribution in [0.2, 0.25) is 0 Å². The zero-order valence-electron chi connectivity index (χ0n) is 15.6. The summed E-state index contributed by atoms with van der Waals surface area (Å²) in [6.07, 6.45) is -0.897. The van der Waals surface area contributed by atoms with Gasteiger partial charge in [-0.05, 0) is 23.1 Å². The molecular formula is C21H21N3O4. The Morgan fingerprint density at radius 1 is 1.07 bits per heavy atom. The monoisotopic (exact) mass is 379 g/mol. The van der Waals surface area contributed by atoms with Gasteiger partial charge in [-0.2, -0.15) is 5.10 Å². The van der Waals surface area contributed by atoms with Gasteiger partial charge in [-0.1, -0.05) is 50.2 Å². The molecule has 0 saturated carbocycles. The average Bonchev–Trinajstić information content (AvgIpc) is 2.69. The van der Waals surface area contributed by atoms with Crippen LogP contribution >= 0.6 is 0 Å². The van der Waals surface area contributed by atoms with Gasteiger partial charge in [0.1, 0.15) is 0 Å². The summed E-state index contributed by atoms with van der Waals surface area (Å²) >= 11 is 0. The summed E-state index contributed by atoms with van der Waals surface area (Å²) < 4.78 is 1.18. The van der Waals surface area contributed by atoms with Crippen molar-refractivity contribution in [3.05, 3.63) is 92.3 Å². The van der Waals surface area contributed by atoms with Crippen molar-refractivity contribution in [2.24, 2.45) is 0 Å². The van der Waals surface area contributed by atoms with E-state index < -0.39 is 11.0 Å². The van der Waals surface area contributed by atoms with Crippen molar-refractivity contribution in [2.45, 2.75) is 32.4 Å². The molecule has 7 heteroatoms. The van der Waals surface area contributed by atoms with Crippen LogP contribution in [0, 0.1) is 10.1 Å². The highest BCUT2D eigenvalue weighted by molar-refractivity contribution is 5.61. The molecule has 0 unspecified atom stereocenters. The lowest BCUT2D eigenvalue weighted by Crippen LogP contribution is -2.25. The van der Waals surface area contributed by atoms with Gasteiger partial charge in [-0.25, -0.2) is 4.68 Å². The summed E-state index contributed by atoms with van der Waals surface area (Å²) in [4.78, 5) is 22.7. The van der Waals surface area contributed by atoms with Gasteiger partial charge in [-0.15, -0.1) is 0 Å². The first-order valence-corrected chi connectivity index (χ1v) is 8.96. The van der Waals surface area contributed by atoms with E-state index >= 15 is 0 Å². The molecule has 2 aromatic carbocycles. The Kier molecular flexibility index (Phi) is 5.65. The molecule has 144 valence electrons. The Labute approximate surface area is 162 Å². The molecule has 0 saturated heterocycles. The first-order chi connectivity index (χ1) is 13.3. The average molecular weight is 379 g/mol. The van der Waals surface area contributed by atoms with E-state index in [-0.39, 0.29) is 17.8 Å². The molecule has 1 heterocycles. The van der Waals surface area contributed by atoms with E-state index in [1.807, 2.05) is 24.3 Å². The van der Waals surface area contributed by atoms with E-state index in [4.69, 9.17) is 0 Å². The second-order valence-electron chi connectivity index (χ2n) is 6.88. The van der Waals surface area contributed by atoms with Crippen molar-refractivity contribution in [3.63, 3.8) is 0 Å². The van der Waals surface area contributed by atoms with Crippen molar-refractivity contribution in [3.8, 4) is 11.3 Å². The molecular weight excluding hydrogens is 358 g/mol. The summed E-state index contributed by atoms with van der Waals surface area (Å²) in [7, 11) is 0. The number of benzene rings is 2. The molecule has 3 rings (SSSR count). The Balaban J connectivity index is 1.86. The number of nitro groups is 1. The van der Waals surface area contributed by atoms with E-state index in [0.717, 1.165) is 0 Å². The number of hydrogen-bond acceptors (Lipinski definition) is 5. The van der Waals surface area contributed by atoms with Crippen LogP contribution in [-0.2, 0) is 6.54 Å². The molecule has 0 bridgehead atoms. The SMILES string of the molecule is CC(C)c1ccc([C@H](O)Cn2nc(-c3cccc([N+](=O)[O-])c3)ccc2=O)cc1. The van der Waals surface area contributed by atoms with Gasteiger partial charge in [0.15, 0.2) is 0 Å². The molecule has 1 N–H and O–H groups in total. The minimum Gasteiger partial charge on any atom is -0.386 e. The van der Waals surface area contributed by atoms with E-state index in [0.29, 0.717) is 22.7 Å². The largest absolute Gasteiger partial charge is 0.386 e. The smallest absolute Gasteiger partial charge is 0.270 e. The predicted octanol–water partition coefficient (Wildman–Crippen LogP) is 3.68. The highest BCUT2D eigenvalue weighted by Crippen LogP contribution is 2.22. The minimum atomic E-state index is -0.897. The number of rotatable bonds is 6. The second kappa shape index (κ2) is 8.14. The van der Waals surface area contributed by atoms with Gasteiger partial charge in [-0.3, -0.25) is 14.9 Å². The fourth-order valence-electron chi connectivity index (χ4n) is 2.88. The Bertz CT molecular complexity index is 1040. The highest BCUT2D eigenvalue weighted by atomic mass is 16.6. The lowest BCUT2D eigenvalue weighted by molar-refractivity contribution is -0.384. The summed E-state index contributed by atoms with van der Waals surface area (Å²) in [6.45, 7) is 4.17. The normalized spacial score (nSPS) is 12.1. The number of aliphatic hydroxyl groups is 1. The Hall–Kier alpha value is -3.32. The maximum Gasteiger partial charge on any atom is 0.270 e. The molecule has 0 radical (unpaired) electrons. The molecule has 0 aliphatic heterocycles. The van der Waals surface area contributed by atoms with Crippen LogP contribution in [0.25, 0.3) is 11.3 Å². The maximum atomic E-state index is 12.2. The van der Waals surface area contributed by atoms with Crippen LogP contribution < -0.4 is 5.56 Å². The summed E-state index contributed by atoms with van der Waals surface area (Å²) in [5.74, 6) is 0.391. The third-order valence-corrected chi connectivity index (χ3v) is 4.55. The summed E-state index contributed by atoms with van der Waals surface area (Å²) in [5, 5.41) is 25.8. The van der Waals surface area contributed by atoms with Crippen molar-refractivity contribution in [1.82, 2.24) is 9.78 Å². The fraction of sp³-hybridized carbons (Fsp3) is 0.238. The van der Waals surface area contributed by atoms with Crippen molar-refractivity contribution >= 4 is 5.69 Å². The molecule has 0 fully saturated rings. The molecule has 0 aliphatic carbocycles. The number of nitro benzene ring substituents is 1. The first-order valence-electron chi connectivity index (χ1n) is 8.96. The molecule has 7 nitrogen and oxygen atoms in total. The van der Waals surface area contributed by atoms with Crippen LogP contribution in [-0.4, -0.2) is 19.8 Å². The quantitative estimate of drug-likeness (QED) is 0.520. The standard InChI is InChI=1S/C21H21N3O4/c1-14(2)15-6-8-16(9-7-15)20(25)13-23-21(26)11-10-19(22-23)17-4-3-5-18(12-17)24(27)28/h3-12,14,20,25H,13H2,1-2H3/t20-/m1/s1. The molecule has 3 aromatic rings. The maximum absolute atomic E-state index is 12.2. The van der Waals surface area contributed by atoms with Gasteiger partial charge in [0.05, 0.1) is 23.3 Å². The van der Waals surface area contributed by atoms with Gasteiger partial charge in [0.25, 0.3) is 11.2 Å². The first kappa shape index (κ1) is 19.4. The van der Waals surface area contributed by atoms with Gasteiger partial charge in [0, 0.05) is 23.8 Å². The lowest BCUT2D eigenvalue weighted by atomic mass is 10.00. The van der Waals surface area contributed by atoms with Crippen LogP contribution in [0.1, 0.15) is 37.0 Å². The number of non-ortho nitro benzene ring substituents is 1. The Morgan fingerprint density at radius 2 is 1.75 bits per heavy atom. The van der Waals surface area contributed by atoms with E-state index in [9.17, 15) is 20.0 Å². The molecule has 0 amide bonds. The molecule has 1 atom stereocenters. The fourth-order valence-corrected chi connectivity index (χ4v) is 2.88. The van der Waals surface area contributed by atoms with Crippen molar-refractivity contribution in [1.29, 1.82) is 0 Å². The number of hydrogen-bond donors (Lipinski definition) is 1. The van der Waals surface area contributed by atoms with Crippen molar-refractivity contribution < 1.29 is 10.0 Å².